The number of anilines is 1. The summed E-state index contributed by atoms with van der Waals surface area (Å²) in [5, 5.41) is 0. The van der Waals surface area contributed by atoms with E-state index in [0.717, 1.165) is 0 Å². The van der Waals surface area contributed by atoms with Gasteiger partial charge < -0.3 is 10.5 Å². The van der Waals surface area contributed by atoms with E-state index in [1.54, 1.807) is 19.9 Å². The monoisotopic (exact) mass is 254 g/mol. The van der Waals surface area contributed by atoms with Crippen LogP contribution in [0, 0.1) is 12.3 Å². The highest BCUT2D eigenvalue weighted by Crippen LogP contribution is 2.26. The number of hydrogen-bond acceptors (Lipinski definition) is 3. The molecule has 0 amide bonds. The van der Waals surface area contributed by atoms with Crippen LogP contribution in [0.2, 0.25) is 0 Å². The second kappa shape index (κ2) is 3.89. The number of aromatic nitrogens is 1. The summed E-state index contributed by atoms with van der Waals surface area (Å²) < 4.78 is 6.18. The van der Waals surface area contributed by atoms with Crippen molar-refractivity contribution in [2.24, 2.45) is 0 Å². The molecule has 0 radical (unpaired) electrons. The summed E-state index contributed by atoms with van der Waals surface area (Å²) in [7, 11) is 0. The lowest BCUT2D eigenvalue weighted by Gasteiger charge is -2.19. The highest BCUT2D eigenvalue weighted by molar-refractivity contribution is 9.10. The predicted octanol–water partition coefficient (Wildman–Crippen LogP) is 2.22. The number of nitrogens with two attached hydrogens (primary N) is 1. The summed E-state index contributed by atoms with van der Waals surface area (Å²) in [6.07, 6.45) is 6.81. The number of nitrogen functional groups attached to an aromatic ring is 1. The van der Waals surface area contributed by atoms with Crippen LogP contribution in [0.25, 0.3) is 0 Å². The van der Waals surface area contributed by atoms with E-state index in [9.17, 15) is 0 Å². The van der Waals surface area contributed by atoms with E-state index in [2.05, 4.69) is 26.8 Å². The maximum absolute atomic E-state index is 5.54. The normalized spacial score (nSPS) is 10.7. The largest absolute Gasteiger partial charge is 0.458 e. The molecule has 1 aromatic heterocycles. The highest BCUT2D eigenvalue weighted by atomic mass is 79.9. The molecule has 1 aromatic rings. The Kier molecular flexibility index (Phi) is 3.02. The minimum Gasteiger partial charge on any atom is -0.458 e. The summed E-state index contributed by atoms with van der Waals surface area (Å²) in [5.74, 6) is 2.96. The first kappa shape index (κ1) is 10.9. The molecule has 74 valence electrons. The molecule has 0 atom stereocenters. The van der Waals surface area contributed by atoms with Gasteiger partial charge in [0.1, 0.15) is 0 Å². The molecule has 4 heteroatoms. The Labute approximate surface area is 91.8 Å². The average molecular weight is 255 g/mol. The number of ether oxygens (including phenoxy) is 1. The van der Waals surface area contributed by atoms with E-state index >= 15 is 0 Å². The summed E-state index contributed by atoms with van der Waals surface area (Å²) in [6.45, 7) is 3.58. The Morgan fingerprint density at radius 1 is 1.64 bits per heavy atom. The van der Waals surface area contributed by atoms with Crippen LogP contribution in [-0.4, -0.2) is 10.6 Å². The smallest absolute Gasteiger partial charge is 0.229 e. The third kappa shape index (κ3) is 2.64. The lowest BCUT2D eigenvalue weighted by molar-refractivity contribution is 0.163. The van der Waals surface area contributed by atoms with Crippen LogP contribution in [0.4, 0.5) is 5.69 Å². The van der Waals surface area contributed by atoms with E-state index < -0.39 is 5.60 Å². The van der Waals surface area contributed by atoms with E-state index in [4.69, 9.17) is 16.9 Å². The fourth-order valence-corrected chi connectivity index (χ4v) is 1.23. The number of terminal acetylenes is 1. The van der Waals surface area contributed by atoms with Crippen molar-refractivity contribution in [3.63, 3.8) is 0 Å². The van der Waals surface area contributed by atoms with E-state index in [1.807, 2.05) is 0 Å². The molecule has 0 bridgehead atoms. The first-order valence-electron chi connectivity index (χ1n) is 4.02. The zero-order chi connectivity index (χ0) is 10.8. The maximum Gasteiger partial charge on any atom is 0.229 e. The van der Waals surface area contributed by atoms with Crippen molar-refractivity contribution in [2.75, 3.05) is 5.73 Å². The van der Waals surface area contributed by atoms with Gasteiger partial charge in [0.05, 0.1) is 16.4 Å². The van der Waals surface area contributed by atoms with Gasteiger partial charge in [-0.2, -0.15) is 0 Å². The predicted molar refractivity (Wildman–Crippen MR) is 59.9 cm³/mol. The van der Waals surface area contributed by atoms with Gasteiger partial charge in [0, 0.05) is 0 Å². The Morgan fingerprint density at radius 2 is 2.29 bits per heavy atom. The van der Waals surface area contributed by atoms with Crippen LogP contribution < -0.4 is 10.5 Å². The molecule has 0 aromatic carbocycles. The van der Waals surface area contributed by atoms with Crippen LogP contribution >= 0.6 is 15.9 Å². The van der Waals surface area contributed by atoms with Crippen LogP contribution in [0.3, 0.4) is 0 Å². The Balaban J connectivity index is 2.94. The molecule has 14 heavy (non-hydrogen) atoms. The first-order chi connectivity index (χ1) is 6.44. The summed E-state index contributed by atoms with van der Waals surface area (Å²) in [6, 6.07) is 1.72. The minimum atomic E-state index is -0.675. The van der Waals surface area contributed by atoms with Gasteiger partial charge in [-0.05, 0) is 35.8 Å². The van der Waals surface area contributed by atoms with Gasteiger partial charge in [0.15, 0.2) is 5.60 Å². The van der Waals surface area contributed by atoms with Crippen LogP contribution in [0.15, 0.2) is 16.7 Å². The first-order valence-corrected chi connectivity index (χ1v) is 4.82. The van der Waals surface area contributed by atoms with Crippen LogP contribution in [0.1, 0.15) is 13.8 Å². The zero-order valence-corrected chi connectivity index (χ0v) is 9.63. The SMILES string of the molecule is C#CC(C)(C)Oc1ncc(N)cc1Br. The number of rotatable bonds is 2. The molecule has 0 spiro atoms. The molecule has 0 aliphatic heterocycles. The molecule has 2 N–H and O–H groups in total. The highest BCUT2D eigenvalue weighted by Gasteiger charge is 2.18. The van der Waals surface area contributed by atoms with Gasteiger partial charge in [-0.15, -0.1) is 6.42 Å². The molecule has 1 rings (SSSR count). The van der Waals surface area contributed by atoms with Gasteiger partial charge in [0.2, 0.25) is 5.88 Å². The second-order valence-electron chi connectivity index (χ2n) is 3.31. The van der Waals surface area contributed by atoms with E-state index in [1.165, 1.54) is 6.20 Å². The van der Waals surface area contributed by atoms with Crippen LogP contribution in [-0.2, 0) is 0 Å². The Morgan fingerprint density at radius 3 is 2.79 bits per heavy atom. The van der Waals surface area contributed by atoms with Gasteiger partial charge in [-0.3, -0.25) is 0 Å². The van der Waals surface area contributed by atoms with E-state index in [0.29, 0.717) is 16.0 Å². The fourth-order valence-electron chi connectivity index (χ4n) is 0.786. The van der Waals surface area contributed by atoms with Gasteiger partial charge in [-0.25, -0.2) is 4.98 Å². The zero-order valence-electron chi connectivity index (χ0n) is 8.04. The molecular weight excluding hydrogens is 244 g/mol. The Bertz CT molecular complexity index is 382. The van der Waals surface area contributed by atoms with E-state index in [-0.39, 0.29) is 0 Å². The lowest BCUT2D eigenvalue weighted by Crippen LogP contribution is -2.26. The number of pyridine rings is 1. The second-order valence-corrected chi connectivity index (χ2v) is 4.17. The van der Waals surface area contributed by atoms with Gasteiger partial charge in [0.25, 0.3) is 0 Å². The molecule has 3 nitrogen and oxygen atoms in total. The molecule has 0 aliphatic carbocycles. The summed E-state index contributed by atoms with van der Waals surface area (Å²) >= 11 is 3.29. The molecule has 0 aliphatic rings. The minimum absolute atomic E-state index is 0.446. The Hall–Kier alpha value is -1.21. The third-order valence-electron chi connectivity index (χ3n) is 1.53. The molecule has 0 saturated carbocycles. The summed E-state index contributed by atoms with van der Waals surface area (Å²) in [5.41, 5.74) is 5.43. The molecular formula is C10H11BrN2O. The van der Waals surface area contributed by atoms with Gasteiger partial charge in [-0.1, -0.05) is 5.92 Å². The molecule has 0 fully saturated rings. The molecule has 0 unspecified atom stereocenters. The van der Waals surface area contributed by atoms with Crippen molar-refractivity contribution in [1.82, 2.24) is 4.98 Å². The van der Waals surface area contributed by atoms with Crippen molar-refractivity contribution in [3.8, 4) is 18.2 Å². The van der Waals surface area contributed by atoms with Crippen molar-refractivity contribution in [2.45, 2.75) is 19.4 Å². The fraction of sp³-hybridized carbons (Fsp3) is 0.300. The van der Waals surface area contributed by atoms with Gasteiger partial charge >= 0.3 is 0 Å². The lowest BCUT2D eigenvalue weighted by atomic mass is 10.1. The van der Waals surface area contributed by atoms with Crippen molar-refractivity contribution in [3.05, 3.63) is 16.7 Å². The molecule has 1 heterocycles. The summed E-state index contributed by atoms with van der Waals surface area (Å²) in [4.78, 5) is 4.02. The number of nitrogens with zero attached hydrogens (tertiary/aromatic N) is 1. The number of hydrogen-bond donors (Lipinski definition) is 1. The molecule has 0 saturated heterocycles. The topological polar surface area (TPSA) is 48.1 Å². The van der Waals surface area contributed by atoms with Crippen molar-refractivity contribution in [1.29, 1.82) is 0 Å². The van der Waals surface area contributed by atoms with Crippen LogP contribution in [0.5, 0.6) is 5.88 Å². The maximum atomic E-state index is 5.54. The quantitative estimate of drug-likeness (QED) is 0.824. The number of halogens is 1. The average Bonchev–Trinajstić information content (AvgIpc) is 2.10. The van der Waals surface area contributed by atoms with Crippen molar-refractivity contribution < 1.29 is 4.74 Å². The standard InChI is InChI=1S/C10H11BrN2O/c1-4-10(2,3)14-9-8(11)5-7(12)6-13-9/h1,5-6H,12H2,2-3H3. The van der Waals surface area contributed by atoms with Crippen molar-refractivity contribution >= 4 is 21.6 Å². The third-order valence-corrected chi connectivity index (χ3v) is 2.10.